The van der Waals surface area contributed by atoms with Crippen LogP contribution in [0.2, 0.25) is 0 Å². The van der Waals surface area contributed by atoms with Gasteiger partial charge in [-0.2, -0.15) is 0 Å². The third kappa shape index (κ3) is 1.89. The Bertz CT molecular complexity index is 98.7. The monoisotopic (exact) mass is 113 g/mol. The zero-order valence-electron chi connectivity index (χ0n) is 5.05. The SMILES string of the molecule is C=CC(N)C(=O)CC. The van der Waals surface area contributed by atoms with E-state index in [9.17, 15) is 4.79 Å². The molecule has 0 amide bonds. The Morgan fingerprint density at radius 2 is 2.50 bits per heavy atom. The highest BCUT2D eigenvalue weighted by molar-refractivity contribution is 5.85. The van der Waals surface area contributed by atoms with E-state index in [0.717, 1.165) is 0 Å². The van der Waals surface area contributed by atoms with Gasteiger partial charge in [-0.15, -0.1) is 6.58 Å². The molecule has 0 fully saturated rings. The van der Waals surface area contributed by atoms with Gasteiger partial charge in [-0.05, 0) is 0 Å². The minimum absolute atomic E-state index is 0.0417. The first-order valence-electron chi connectivity index (χ1n) is 2.63. The number of nitrogens with two attached hydrogens (primary N) is 1. The Balaban J connectivity index is 3.62. The molecule has 2 heteroatoms. The van der Waals surface area contributed by atoms with Crippen molar-refractivity contribution in [2.45, 2.75) is 19.4 Å². The first kappa shape index (κ1) is 7.37. The average Bonchev–Trinajstić information content (AvgIpc) is 1.84. The average molecular weight is 113 g/mol. The Kier molecular flexibility index (Phi) is 3.12. The number of carbonyl (C=O) groups is 1. The van der Waals surface area contributed by atoms with Crippen LogP contribution >= 0.6 is 0 Å². The maximum atomic E-state index is 10.5. The molecule has 0 aliphatic heterocycles. The summed E-state index contributed by atoms with van der Waals surface area (Å²) in [4.78, 5) is 10.5. The summed E-state index contributed by atoms with van der Waals surface area (Å²) in [5, 5.41) is 0. The summed E-state index contributed by atoms with van der Waals surface area (Å²) in [7, 11) is 0. The predicted octanol–water partition coefficient (Wildman–Crippen LogP) is 0.479. The number of hydrogen-bond acceptors (Lipinski definition) is 2. The van der Waals surface area contributed by atoms with Crippen molar-refractivity contribution in [2.75, 3.05) is 0 Å². The summed E-state index contributed by atoms with van der Waals surface area (Å²) in [6.45, 7) is 5.17. The molecular formula is C6H11NO. The molecule has 0 heterocycles. The highest BCUT2D eigenvalue weighted by Crippen LogP contribution is 1.86. The second kappa shape index (κ2) is 3.38. The van der Waals surface area contributed by atoms with Crippen LogP contribution in [-0.4, -0.2) is 11.8 Å². The van der Waals surface area contributed by atoms with Crippen LogP contribution in [0.25, 0.3) is 0 Å². The Morgan fingerprint density at radius 1 is 2.00 bits per heavy atom. The van der Waals surface area contributed by atoms with Crippen molar-refractivity contribution >= 4 is 5.78 Å². The Morgan fingerprint density at radius 3 is 2.62 bits per heavy atom. The Hall–Kier alpha value is -0.630. The van der Waals surface area contributed by atoms with E-state index in [1.165, 1.54) is 6.08 Å². The van der Waals surface area contributed by atoms with Crippen LogP contribution in [0.15, 0.2) is 12.7 Å². The molecule has 0 aliphatic carbocycles. The summed E-state index contributed by atoms with van der Waals surface area (Å²) in [5.74, 6) is 0.0417. The summed E-state index contributed by atoms with van der Waals surface area (Å²) >= 11 is 0. The van der Waals surface area contributed by atoms with E-state index in [1.807, 2.05) is 0 Å². The predicted molar refractivity (Wildman–Crippen MR) is 33.5 cm³/mol. The van der Waals surface area contributed by atoms with Crippen LogP contribution in [0.1, 0.15) is 13.3 Å². The highest BCUT2D eigenvalue weighted by atomic mass is 16.1. The molecule has 0 rings (SSSR count). The molecule has 2 N–H and O–H groups in total. The Labute approximate surface area is 49.4 Å². The molecule has 0 aromatic rings. The van der Waals surface area contributed by atoms with Gasteiger partial charge in [-0.3, -0.25) is 4.79 Å². The molecule has 2 nitrogen and oxygen atoms in total. The molecule has 0 aromatic carbocycles. The normalized spacial score (nSPS) is 12.8. The maximum Gasteiger partial charge on any atom is 0.153 e. The van der Waals surface area contributed by atoms with Crippen LogP contribution in [0.4, 0.5) is 0 Å². The van der Waals surface area contributed by atoms with Gasteiger partial charge >= 0.3 is 0 Å². The number of rotatable bonds is 3. The third-order valence-electron chi connectivity index (χ3n) is 0.974. The van der Waals surface area contributed by atoms with E-state index in [1.54, 1.807) is 6.92 Å². The zero-order valence-corrected chi connectivity index (χ0v) is 5.05. The molecule has 0 spiro atoms. The van der Waals surface area contributed by atoms with Crippen LogP contribution in [0.5, 0.6) is 0 Å². The van der Waals surface area contributed by atoms with Gasteiger partial charge in [0.25, 0.3) is 0 Å². The number of carbonyl (C=O) groups excluding carboxylic acids is 1. The minimum Gasteiger partial charge on any atom is -0.318 e. The fraction of sp³-hybridized carbons (Fsp3) is 0.500. The van der Waals surface area contributed by atoms with Gasteiger partial charge in [-0.1, -0.05) is 13.0 Å². The molecule has 0 aliphatic rings. The van der Waals surface area contributed by atoms with Crippen LogP contribution in [0.3, 0.4) is 0 Å². The lowest BCUT2D eigenvalue weighted by Gasteiger charge is -1.98. The standard InChI is InChI=1S/C6H11NO/c1-3-5(7)6(8)4-2/h3,5H,1,4,7H2,2H3. The van der Waals surface area contributed by atoms with Crippen molar-refractivity contribution in [3.8, 4) is 0 Å². The molecule has 1 unspecified atom stereocenters. The third-order valence-corrected chi connectivity index (χ3v) is 0.974. The van der Waals surface area contributed by atoms with Crippen molar-refractivity contribution in [3.63, 3.8) is 0 Å². The summed E-state index contributed by atoms with van der Waals surface area (Å²) in [6.07, 6.45) is 1.94. The van der Waals surface area contributed by atoms with E-state index in [0.29, 0.717) is 6.42 Å². The molecule has 8 heavy (non-hydrogen) atoms. The lowest BCUT2D eigenvalue weighted by Crippen LogP contribution is -2.26. The maximum absolute atomic E-state index is 10.5. The molecular weight excluding hydrogens is 102 g/mol. The van der Waals surface area contributed by atoms with Crippen molar-refractivity contribution < 1.29 is 4.79 Å². The molecule has 0 radical (unpaired) electrons. The van der Waals surface area contributed by atoms with Gasteiger partial charge in [0.2, 0.25) is 0 Å². The van der Waals surface area contributed by atoms with Gasteiger partial charge in [-0.25, -0.2) is 0 Å². The lowest BCUT2D eigenvalue weighted by atomic mass is 10.1. The van der Waals surface area contributed by atoms with E-state index >= 15 is 0 Å². The number of ketones is 1. The molecule has 46 valence electrons. The molecule has 0 aromatic heterocycles. The second-order valence-corrected chi connectivity index (χ2v) is 1.58. The molecule has 0 saturated carbocycles. The van der Waals surface area contributed by atoms with Gasteiger partial charge in [0.15, 0.2) is 5.78 Å². The first-order chi connectivity index (χ1) is 3.72. The van der Waals surface area contributed by atoms with Gasteiger partial charge in [0.05, 0.1) is 6.04 Å². The summed E-state index contributed by atoms with van der Waals surface area (Å²) < 4.78 is 0. The van der Waals surface area contributed by atoms with Crippen LogP contribution < -0.4 is 5.73 Å². The molecule has 0 saturated heterocycles. The summed E-state index contributed by atoms with van der Waals surface area (Å²) in [6, 6.07) is -0.458. The smallest absolute Gasteiger partial charge is 0.153 e. The first-order valence-corrected chi connectivity index (χ1v) is 2.63. The molecule has 0 bridgehead atoms. The summed E-state index contributed by atoms with van der Waals surface area (Å²) in [5.41, 5.74) is 5.26. The van der Waals surface area contributed by atoms with Gasteiger partial charge in [0, 0.05) is 6.42 Å². The van der Waals surface area contributed by atoms with Crippen LogP contribution in [0, 0.1) is 0 Å². The topological polar surface area (TPSA) is 43.1 Å². The molecule has 1 atom stereocenters. The van der Waals surface area contributed by atoms with Crippen LogP contribution in [-0.2, 0) is 4.79 Å². The fourth-order valence-electron chi connectivity index (χ4n) is 0.367. The van der Waals surface area contributed by atoms with Crippen molar-refractivity contribution in [1.29, 1.82) is 0 Å². The number of hydrogen-bond donors (Lipinski definition) is 1. The number of Topliss-reactive ketones (excluding diaryl/α,β-unsaturated/α-hetero) is 1. The fourth-order valence-corrected chi connectivity index (χ4v) is 0.367. The van der Waals surface area contributed by atoms with Gasteiger partial charge in [0.1, 0.15) is 0 Å². The van der Waals surface area contributed by atoms with Gasteiger partial charge < -0.3 is 5.73 Å². The zero-order chi connectivity index (χ0) is 6.57. The van der Waals surface area contributed by atoms with Crippen molar-refractivity contribution in [3.05, 3.63) is 12.7 Å². The quantitative estimate of drug-likeness (QED) is 0.541. The largest absolute Gasteiger partial charge is 0.318 e. The van der Waals surface area contributed by atoms with E-state index in [2.05, 4.69) is 6.58 Å². The second-order valence-electron chi connectivity index (χ2n) is 1.58. The van der Waals surface area contributed by atoms with Crippen molar-refractivity contribution in [2.24, 2.45) is 5.73 Å². The van der Waals surface area contributed by atoms with E-state index in [4.69, 9.17) is 5.73 Å². The van der Waals surface area contributed by atoms with E-state index in [-0.39, 0.29) is 5.78 Å². The van der Waals surface area contributed by atoms with Crippen molar-refractivity contribution in [1.82, 2.24) is 0 Å². The highest BCUT2D eigenvalue weighted by Gasteiger charge is 2.03. The van der Waals surface area contributed by atoms with E-state index < -0.39 is 6.04 Å². The lowest BCUT2D eigenvalue weighted by molar-refractivity contribution is -0.119. The minimum atomic E-state index is -0.458.